The molecule has 0 heterocycles. The Morgan fingerprint density at radius 3 is 2.00 bits per heavy atom. The average molecular weight is 220 g/mol. The predicted octanol–water partition coefficient (Wildman–Crippen LogP) is 2.89. The maximum Gasteiger partial charge on any atom is 0.321 e. The van der Waals surface area contributed by atoms with Gasteiger partial charge in [-0.1, -0.05) is 6.92 Å². The molecule has 0 saturated heterocycles. The van der Waals surface area contributed by atoms with Gasteiger partial charge in [0, 0.05) is 0 Å². The molecule has 0 amide bonds. The van der Waals surface area contributed by atoms with Crippen molar-refractivity contribution in [3.63, 3.8) is 0 Å². The van der Waals surface area contributed by atoms with Crippen LogP contribution in [0.25, 0.3) is 0 Å². The largest absolute Gasteiger partial charge is 0.439 e. The van der Waals surface area contributed by atoms with Crippen LogP contribution in [0.4, 0.5) is 0 Å². The number of hydrogen-bond acceptors (Lipinski definition) is 2. The van der Waals surface area contributed by atoms with Gasteiger partial charge in [0.25, 0.3) is 0 Å². The summed E-state index contributed by atoms with van der Waals surface area (Å²) in [5.41, 5.74) is -0.0288. The highest BCUT2D eigenvalue weighted by molar-refractivity contribution is 6.72. The minimum Gasteiger partial charge on any atom is -0.439 e. The summed E-state index contributed by atoms with van der Waals surface area (Å²) in [7, 11) is -2.82. The van der Waals surface area contributed by atoms with Crippen molar-refractivity contribution in [1.29, 1.82) is 0 Å². The van der Waals surface area contributed by atoms with Gasteiger partial charge in [-0.3, -0.25) is 0 Å². The van der Waals surface area contributed by atoms with Crippen molar-refractivity contribution in [3.05, 3.63) is 0 Å². The van der Waals surface area contributed by atoms with Crippen molar-refractivity contribution >= 4 is 17.6 Å². The van der Waals surface area contributed by atoms with E-state index in [0.717, 1.165) is 6.42 Å². The summed E-state index contributed by atoms with van der Waals surface area (Å²) in [6, 6.07) is 0. The first-order chi connectivity index (χ1) is 5.68. The Kier molecular flexibility index (Phi) is 4.86. The van der Waals surface area contributed by atoms with Gasteiger partial charge in [0.15, 0.2) is 9.04 Å². The van der Waals surface area contributed by atoms with Crippen LogP contribution in [0.1, 0.15) is 27.2 Å². The zero-order valence-corrected chi connectivity index (χ0v) is 12.3. The van der Waals surface area contributed by atoms with Crippen LogP contribution in [-0.4, -0.2) is 23.2 Å². The highest BCUT2D eigenvalue weighted by Gasteiger charge is 2.32. The molecule has 0 aliphatic heterocycles. The molecule has 0 rings (SSSR count). The van der Waals surface area contributed by atoms with Gasteiger partial charge in [0.05, 0.1) is 5.60 Å². The van der Waals surface area contributed by atoms with Gasteiger partial charge in [-0.25, -0.2) is 0 Å². The van der Waals surface area contributed by atoms with Gasteiger partial charge in [-0.2, -0.15) is 0 Å². The Morgan fingerprint density at radius 2 is 1.69 bits per heavy atom. The molecule has 0 radical (unpaired) electrons. The van der Waals surface area contributed by atoms with Crippen LogP contribution >= 0.6 is 0 Å². The monoisotopic (exact) mass is 220 g/mol. The lowest BCUT2D eigenvalue weighted by Crippen LogP contribution is -2.45. The Balaban J connectivity index is 4.16. The number of hydrogen-bond donors (Lipinski definition) is 0. The lowest BCUT2D eigenvalue weighted by atomic mass is 10.1. The molecule has 80 valence electrons. The van der Waals surface area contributed by atoms with Gasteiger partial charge < -0.3 is 8.54 Å². The first-order valence-electron chi connectivity index (χ1n) is 5.06. The molecular weight excluding hydrogens is 196 g/mol. The van der Waals surface area contributed by atoms with E-state index in [9.17, 15) is 0 Å². The molecule has 2 nitrogen and oxygen atoms in total. The van der Waals surface area contributed by atoms with E-state index in [1.165, 1.54) is 0 Å². The molecule has 0 saturated carbocycles. The third-order valence-electron chi connectivity index (χ3n) is 1.89. The van der Waals surface area contributed by atoms with Crippen LogP contribution in [0.15, 0.2) is 0 Å². The van der Waals surface area contributed by atoms with Crippen molar-refractivity contribution < 1.29 is 8.54 Å². The number of rotatable bonds is 5. The van der Waals surface area contributed by atoms with Crippen LogP contribution in [0.5, 0.6) is 0 Å². The fourth-order valence-corrected chi connectivity index (χ4v) is 7.54. The van der Waals surface area contributed by atoms with Gasteiger partial charge in [0.1, 0.15) is 0 Å². The van der Waals surface area contributed by atoms with Crippen LogP contribution in [0, 0.1) is 0 Å². The maximum atomic E-state index is 6.04. The summed E-state index contributed by atoms with van der Waals surface area (Å²) >= 11 is 0. The molecule has 0 fully saturated rings. The first-order valence-corrected chi connectivity index (χ1v) is 10.7. The Hall–Kier alpha value is 0.354. The van der Waals surface area contributed by atoms with E-state index in [1.54, 1.807) is 0 Å². The van der Waals surface area contributed by atoms with Crippen molar-refractivity contribution in [2.45, 2.75) is 59.0 Å². The fourth-order valence-electron chi connectivity index (χ4n) is 1.33. The van der Waals surface area contributed by atoms with Gasteiger partial charge in [-0.05, 0) is 46.5 Å². The van der Waals surface area contributed by atoms with E-state index in [-0.39, 0.29) is 5.60 Å². The second-order valence-corrected chi connectivity index (χ2v) is 10.8. The Bertz CT molecular complexity index is 156. The second kappa shape index (κ2) is 4.73. The standard InChI is InChI=1S/C9H24O2Si2/c1-8-9(2,3)10-13(6,7)11-12(4)5/h12H,8H2,1-7H3. The molecule has 13 heavy (non-hydrogen) atoms. The third-order valence-corrected chi connectivity index (χ3v) is 7.09. The Morgan fingerprint density at radius 1 is 1.23 bits per heavy atom. The highest BCUT2D eigenvalue weighted by atomic mass is 28.4. The molecular formula is C9H24O2Si2. The first kappa shape index (κ1) is 13.4. The van der Waals surface area contributed by atoms with E-state index in [0.29, 0.717) is 0 Å². The molecule has 0 aliphatic rings. The third kappa shape index (κ3) is 6.43. The van der Waals surface area contributed by atoms with Gasteiger partial charge >= 0.3 is 8.56 Å². The summed E-state index contributed by atoms with van der Waals surface area (Å²) in [5, 5.41) is 0. The van der Waals surface area contributed by atoms with Crippen LogP contribution in [0.3, 0.4) is 0 Å². The normalized spacial score (nSPS) is 13.8. The fraction of sp³-hybridized carbons (Fsp3) is 1.00. The van der Waals surface area contributed by atoms with E-state index >= 15 is 0 Å². The summed E-state index contributed by atoms with van der Waals surface area (Å²) in [4.78, 5) is 0. The minimum absolute atomic E-state index is 0.0288. The summed E-state index contributed by atoms with van der Waals surface area (Å²) in [5.74, 6) is 0. The molecule has 4 heteroatoms. The SMILES string of the molecule is CCC(C)(C)O[Si](C)(C)O[SiH](C)C. The molecule has 0 bridgehead atoms. The molecule has 0 spiro atoms. The van der Waals surface area contributed by atoms with E-state index in [2.05, 4.69) is 47.0 Å². The van der Waals surface area contributed by atoms with Crippen molar-refractivity contribution in [3.8, 4) is 0 Å². The average Bonchev–Trinajstić information content (AvgIpc) is 1.81. The molecule has 0 aromatic heterocycles. The molecule has 0 aromatic rings. The van der Waals surface area contributed by atoms with Gasteiger partial charge in [-0.15, -0.1) is 0 Å². The minimum atomic E-state index is -1.86. The van der Waals surface area contributed by atoms with E-state index < -0.39 is 17.6 Å². The van der Waals surface area contributed by atoms with E-state index in [4.69, 9.17) is 8.54 Å². The predicted molar refractivity (Wildman–Crippen MR) is 62.9 cm³/mol. The lowest BCUT2D eigenvalue weighted by Gasteiger charge is -2.35. The van der Waals surface area contributed by atoms with E-state index in [1.807, 2.05) is 0 Å². The second-order valence-electron chi connectivity index (χ2n) is 4.78. The van der Waals surface area contributed by atoms with Crippen LogP contribution in [-0.2, 0) is 8.54 Å². The zero-order valence-electron chi connectivity index (χ0n) is 10.1. The summed E-state index contributed by atoms with van der Waals surface area (Å²) < 4.78 is 12.0. The molecule has 0 N–H and O–H groups in total. The highest BCUT2D eigenvalue weighted by Crippen LogP contribution is 2.21. The quantitative estimate of drug-likeness (QED) is 0.663. The summed E-state index contributed by atoms with van der Waals surface area (Å²) in [6.45, 7) is 15.1. The van der Waals surface area contributed by atoms with Crippen molar-refractivity contribution in [1.82, 2.24) is 0 Å². The van der Waals surface area contributed by atoms with Crippen molar-refractivity contribution in [2.24, 2.45) is 0 Å². The molecule has 0 aliphatic carbocycles. The van der Waals surface area contributed by atoms with Crippen LogP contribution < -0.4 is 0 Å². The maximum absolute atomic E-state index is 6.04. The smallest absolute Gasteiger partial charge is 0.321 e. The molecule has 0 atom stereocenters. The summed E-state index contributed by atoms with van der Waals surface area (Å²) in [6.07, 6.45) is 1.03. The molecule has 0 unspecified atom stereocenters. The molecule has 0 aromatic carbocycles. The van der Waals surface area contributed by atoms with Crippen LogP contribution in [0.2, 0.25) is 26.2 Å². The Labute approximate surface area is 85.6 Å². The van der Waals surface area contributed by atoms with Gasteiger partial charge in [0.2, 0.25) is 0 Å². The van der Waals surface area contributed by atoms with Crippen molar-refractivity contribution in [2.75, 3.05) is 0 Å². The topological polar surface area (TPSA) is 18.5 Å². The zero-order chi connectivity index (χ0) is 10.7. The lowest BCUT2D eigenvalue weighted by molar-refractivity contribution is 0.0718.